The fourth-order valence-corrected chi connectivity index (χ4v) is 2.06. The molecule has 0 bridgehead atoms. The molecule has 0 N–H and O–H groups in total. The van der Waals surface area contributed by atoms with E-state index >= 15 is 0 Å². The van der Waals surface area contributed by atoms with Crippen molar-refractivity contribution < 1.29 is 9.72 Å². The number of benzene rings is 1. The minimum absolute atomic E-state index is 0.0308. The van der Waals surface area contributed by atoms with E-state index in [-0.39, 0.29) is 28.2 Å². The van der Waals surface area contributed by atoms with Crippen molar-refractivity contribution >= 4 is 23.2 Å². The van der Waals surface area contributed by atoms with Crippen molar-refractivity contribution in [3.05, 3.63) is 51.6 Å². The van der Waals surface area contributed by atoms with Crippen LogP contribution in [0.1, 0.15) is 23.2 Å². The SMILES string of the molecule is C=CCN(C(=O)c1ccc(Cl)c([N+](=O)[O-])c1)C1CC1. The number of hydrogen-bond donors (Lipinski definition) is 0. The zero-order valence-corrected chi connectivity index (χ0v) is 11.0. The Hall–Kier alpha value is -1.88. The largest absolute Gasteiger partial charge is 0.332 e. The van der Waals surface area contributed by atoms with Gasteiger partial charge in [-0.25, -0.2) is 0 Å². The van der Waals surface area contributed by atoms with E-state index in [1.54, 1.807) is 11.0 Å². The summed E-state index contributed by atoms with van der Waals surface area (Å²) < 4.78 is 0. The Balaban J connectivity index is 2.29. The standard InChI is InChI=1S/C13H13ClN2O3/c1-2-7-15(10-4-5-10)13(17)9-3-6-11(14)12(8-9)16(18)19/h2-3,6,8,10H,1,4-5,7H2. The number of carbonyl (C=O) groups excluding carboxylic acids is 1. The van der Waals surface area contributed by atoms with E-state index in [1.807, 2.05) is 0 Å². The number of halogens is 1. The zero-order chi connectivity index (χ0) is 14.0. The van der Waals surface area contributed by atoms with Gasteiger partial charge in [0.15, 0.2) is 0 Å². The average Bonchev–Trinajstić information content (AvgIpc) is 3.19. The van der Waals surface area contributed by atoms with Crippen molar-refractivity contribution in [2.45, 2.75) is 18.9 Å². The van der Waals surface area contributed by atoms with E-state index in [0.717, 1.165) is 12.8 Å². The minimum Gasteiger partial charge on any atom is -0.332 e. The Morgan fingerprint density at radius 3 is 2.79 bits per heavy atom. The molecule has 1 fully saturated rings. The van der Waals surface area contributed by atoms with Crippen molar-refractivity contribution in [3.8, 4) is 0 Å². The molecule has 0 radical (unpaired) electrons. The van der Waals surface area contributed by atoms with Crippen molar-refractivity contribution in [3.63, 3.8) is 0 Å². The van der Waals surface area contributed by atoms with Gasteiger partial charge in [-0.2, -0.15) is 0 Å². The molecule has 1 saturated carbocycles. The molecule has 1 aromatic rings. The topological polar surface area (TPSA) is 63.5 Å². The van der Waals surface area contributed by atoms with Gasteiger partial charge in [0.05, 0.1) is 4.92 Å². The van der Waals surface area contributed by atoms with Crippen molar-refractivity contribution in [1.82, 2.24) is 4.90 Å². The molecule has 0 aromatic heterocycles. The molecule has 1 amide bonds. The summed E-state index contributed by atoms with van der Waals surface area (Å²) in [5.41, 5.74) is 0.0340. The molecule has 1 aliphatic rings. The van der Waals surface area contributed by atoms with Crippen molar-refractivity contribution in [2.24, 2.45) is 0 Å². The van der Waals surface area contributed by atoms with Gasteiger partial charge in [-0.1, -0.05) is 17.7 Å². The van der Waals surface area contributed by atoms with Gasteiger partial charge in [-0.3, -0.25) is 14.9 Å². The molecule has 0 heterocycles. The second-order valence-electron chi connectivity index (χ2n) is 4.40. The van der Waals surface area contributed by atoms with E-state index in [4.69, 9.17) is 11.6 Å². The lowest BCUT2D eigenvalue weighted by atomic mass is 10.1. The van der Waals surface area contributed by atoms with Gasteiger partial charge in [0.25, 0.3) is 11.6 Å². The third kappa shape index (κ3) is 2.93. The van der Waals surface area contributed by atoms with E-state index in [0.29, 0.717) is 6.54 Å². The van der Waals surface area contributed by atoms with Gasteiger partial charge in [-0.05, 0) is 25.0 Å². The van der Waals surface area contributed by atoms with Crippen LogP contribution in [0.2, 0.25) is 5.02 Å². The van der Waals surface area contributed by atoms with Crippen LogP contribution >= 0.6 is 11.6 Å². The van der Waals surface area contributed by atoms with Crippen LogP contribution in [0.5, 0.6) is 0 Å². The van der Waals surface area contributed by atoms with Crippen LogP contribution in [0.4, 0.5) is 5.69 Å². The predicted molar refractivity (Wildman–Crippen MR) is 72.4 cm³/mol. The lowest BCUT2D eigenvalue weighted by Crippen LogP contribution is -2.33. The third-order valence-electron chi connectivity index (χ3n) is 2.96. The van der Waals surface area contributed by atoms with Crippen molar-refractivity contribution in [2.75, 3.05) is 6.54 Å². The molecule has 0 saturated heterocycles. The summed E-state index contributed by atoms with van der Waals surface area (Å²) in [6.45, 7) is 4.07. The lowest BCUT2D eigenvalue weighted by molar-refractivity contribution is -0.384. The van der Waals surface area contributed by atoms with Gasteiger partial charge < -0.3 is 4.90 Å². The molecule has 0 aliphatic heterocycles. The van der Waals surface area contributed by atoms with Gasteiger partial charge in [0.1, 0.15) is 5.02 Å². The second-order valence-corrected chi connectivity index (χ2v) is 4.81. The summed E-state index contributed by atoms with van der Waals surface area (Å²) in [5, 5.41) is 10.8. The van der Waals surface area contributed by atoms with Gasteiger partial charge in [-0.15, -0.1) is 6.58 Å². The summed E-state index contributed by atoms with van der Waals surface area (Å²) in [6.07, 6.45) is 3.59. The summed E-state index contributed by atoms with van der Waals surface area (Å²) in [4.78, 5) is 24.2. The Morgan fingerprint density at radius 2 is 2.26 bits per heavy atom. The van der Waals surface area contributed by atoms with Gasteiger partial charge in [0.2, 0.25) is 0 Å². The number of nitro groups is 1. The van der Waals surface area contributed by atoms with Gasteiger partial charge in [0, 0.05) is 24.2 Å². The highest BCUT2D eigenvalue weighted by Gasteiger charge is 2.32. The van der Waals surface area contributed by atoms with Crippen LogP contribution in [-0.2, 0) is 0 Å². The molecule has 0 unspecified atom stereocenters. The highest BCUT2D eigenvalue weighted by atomic mass is 35.5. The molecular formula is C13H13ClN2O3. The molecule has 5 nitrogen and oxygen atoms in total. The average molecular weight is 281 g/mol. The highest BCUT2D eigenvalue weighted by molar-refractivity contribution is 6.32. The summed E-state index contributed by atoms with van der Waals surface area (Å²) >= 11 is 5.73. The maximum Gasteiger partial charge on any atom is 0.288 e. The maximum atomic E-state index is 12.3. The summed E-state index contributed by atoms with van der Waals surface area (Å²) in [5.74, 6) is -0.220. The van der Waals surface area contributed by atoms with E-state index in [2.05, 4.69) is 6.58 Å². The molecule has 6 heteroatoms. The number of nitro benzene ring substituents is 1. The Morgan fingerprint density at radius 1 is 1.58 bits per heavy atom. The fourth-order valence-electron chi connectivity index (χ4n) is 1.87. The molecular weight excluding hydrogens is 268 g/mol. The Kier molecular flexibility index (Phi) is 3.85. The van der Waals surface area contributed by atoms with Crippen LogP contribution in [0.15, 0.2) is 30.9 Å². The summed E-state index contributed by atoms with van der Waals surface area (Å²) in [7, 11) is 0. The van der Waals surface area contributed by atoms with Crippen LogP contribution in [0, 0.1) is 10.1 Å². The second kappa shape index (κ2) is 5.40. The normalized spacial score (nSPS) is 13.9. The van der Waals surface area contributed by atoms with Crippen molar-refractivity contribution in [1.29, 1.82) is 0 Å². The van der Waals surface area contributed by atoms with Crippen LogP contribution in [0.3, 0.4) is 0 Å². The number of hydrogen-bond acceptors (Lipinski definition) is 3. The molecule has 19 heavy (non-hydrogen) atoms. The lowest BCUT2D eigenvalue weighted by Gasteiger charge is -2.20. The Labute approximate surface area is 115 Å². The first kappa shape index (κ1) is 13.5. The fraction of sp³-hybridized carbons (Fsp3) is 0.308. The zero-order valence-electron chi connectivity index (χ0n) is 10.2. The quantitative estimate of drug-likeness (QED) is 0.473. The molecule has 2 rings (SSSR count). The van der Waals surface area contributed by atoms with E-state index < -0.39 is 4.92 Å². The first-order valence-electron chi connectivity index (χ1n) is 5.90. The summed E-state index contributed by atoms with van der Waals surface area (Å²) in [6, 6.07) is 4.34. The van der Waals surface area contributed by atoms with Crippen LogP contribution in [0.25, 0.3) is 0 Å². The Bertz CT molecular complexity index is 541. The highest BCUT2D eigenvalue weighted by Crippen LogP contribution is 2.30. The maximum absolute atomic E-state index is 12.3. The van der Waals surface area contributed by atoms with Crippen LogP contribution < -0.4 is 0 Å². The first-order chi connectivity index (χ1) is 9.04. The number of rotatable bonds is 5. The van der Waals surface area contributed by atoms with Gasteiger partial charge >= 0.3 is 0 Å². The first-order valence-corrected chi connectivity index (χ1v) is 6.28. The molecule has 1 aliphatic carbocycles. The monoisotopic (exact) mass is 280 g/mol. The molecule has 100 valence electrons. The van der Waals surface area contributed by atoms with E-state index in [9.17, 15) is 14.9 Å². The third-order valence-corrected chi connectivity index (χ3v) is 3.28. The predicted octanol–water partition coefficient (Wildman–Crippen LogP) is 3.04. The molecule has 0 atom stereocenters. The van der Waals surface area contributed by atoms with Crippen LogP contribution in [-0.4, -0.2) is 28.3 Å². The number of amides is 1. The van der Waals surface area contributed by atoms with E-state index in [1.165, 1.54) is 18.2 Å². The number of nitrogens with zero attached hydrogens (tertiary/aromatic N) is 2. The number of carbonyl (C=O) groups is 1. The molecule has 0 spiro atoms. The minimum atomic E-state index is -0.589. The molecule has 1 aromatic carbocycles. The smallest absolute Gasteiger partial charge is 0.288 e.